The van der Waals surface area contributed by atoms with E-state index in [1.165, 1.54) is 0 Å². The van der Waals surface area contributed by atoms with E-state index >= 15 is 0 Å². The topological polar surface area (TPSA) is 59.2 Å². The lowest BCUT2D eigenvalue weighted by molar-refractivity contribution is 0.120. The molecule has 19 heavy (non-hydrogen) atoms. The first-order chi connectivity index (χ1) is 9.08. The maximum Gasteiger partial charge on any atom is 0.232 e. The van der Waals surface area contributed by atoms with Crippen molar-refractivity contribution in [1.82, 2.24) is 10.1 Å². The molecule has 4 nitrogen and oxygen atoms in total. The van der Waals surface area contributed by atoms with E-state index < -0.39 is 6.10 Å². The number of hydrogen-bond donors (Lipinski definition) is 1. The average Bonchev–Trinajstić information content (AvgIpc) is 2.77. The molecule has 0 spiro atoms. The van der Waals surface area contributed by atoms with Gasteiger partial charge in [-0.3, -0.25) is 0 Å². The molecule has 1 aromatic heterocycles. The summed E-state index contributed by atoms with van der Waals surface area (Å²) in [6, 6.07) is 10.0. The van der Waals surface area contributed by atoms with Crippen LogP contribution in [-0.4, -0.2) is 21.4 Å². The fraction of sp³-hybridized carbons (Fsp3) is 0.467. The number of aromatic nitrogens is 2. The minimum Gasteiger partial charge on any atom is -0.393 e. The van der Waals surface area contributed by atoms with Crippen LogP contribution in [0, 0.1) is 5.92 Å². The molecule has 102 valence electrons. The Morgan fingerprint density at radius 2 is 1.84 bits per heavy atom. The Labute approximate surface area is 113 Å². The lowest BCUT2D eigenvalue weighted by Gasteiger charge is -2.19. The van der Waals surface area contributed by atoms with Crippen LogP contribution in [0.25, 0.3) is 0 Å². The van der Waals surface area contributed by atoms with Gasteiger partial charge in [0.25, 0.3) is 0 Å². The van der Waals surface area contributed by atoms with Gasteiger partial charge in [0.15, 0.2) is 5.82 Å². The van der Waals surface area contributed by atoms with Crippen molar-refractivity contribution in [2.75, 3.05) is 0 Å². The molecule has 0 saturated heterocycles. The molecule has 1 aromatic carbocycles. The van der Waals surface area contributed by atoms with Crippen LogP contribution in [0.1, 0.15) is 44.0 Å². The van der Waals surface area contributed by atoms with Crippen LogP contribution in [0.3, 0.4) is 0 Å². The van der Waals surface area contributed by atoms with Gasteiger partial charge in [-0.15, -0.1) is 0 Å². The van der Waals surface area contributed by atoms with Crippen molar-refractivity contribution in [2.45, 2.75) is 39.2 Å². The number of aliphatic hydroxyl groups excluding tert-OH is 1. The first-order valence-electron chi connectivity index (χ1n) is 6.62. The number of nitrogens with zero attached hydrogens (tertiary/aromatic N) is 2. The van der Waals surface area contributed by atoms with Crippen molar-refractivity contribution < 1.29 is 9.63 Å². The summed E-state index contributed by atoms with van der Waals surface area (Å²) < 4.78 is 5.30. The smallest absolute Gasteiger partial charge is 0.232 e. The SMILES string of the molecule is CC(C)C(c1nc(Cc2ccccc2)no1)C(C)O. The van der Waals surface area contributed by atoms with Crippen LogP contribution in [0.15, 0.2) is 34.9 Å². The maximum atomic E-state index is 9.81. The number of rotatable bonds is 5. The van der Waals surface area contributed by atoms with E-state index in [0.29, 0.717) is 18.1 Å². The summed E-state index contributed by atoms with van der Waals surface area (Å²) in [5, 5.41) is 13.8. The first kappa shape index (κ1) is 13.7. The third-order valence-corrected chi connectivity index (χ3v) is 3.21. The second kappa shape index (κ2) is 5.97. The van der Waals surface area contributed by atoms with Crippen LogP contribution >= 0.6 is 0 Å². The summed E-state index contributed by atoms with van der Waals surface area (Å²) in [6.45, 7) is 5.84. The second-order valence-electron chi connectivity index (χ2n) is 5.22. The van der Waals surface area contributed by atoms with Crippen LogP contribution < -0.4 is 0 Å². The van der Waals surface area contributed by atoms with Gasteiger partial charge < -0.3 is 9.63 Å². The predicted molar refractivity (Wildman–Crippen MR) is 72.8 cm³/mol. The van der Waals surface area contributed by atoms with Gasteiger partial charge >= 0.3 is 0 Å². The van der Waals surface area contributed by atoms with E-state index in [-0.39, 0.29) is 11.8 Å². The molecule has 2 aromatic rings. The molecule has 1 heterocycles. The Morgan fingerprint density at radius 1 is 1.16 bits per heavy atom. The molecule has 0 aliphatic carbocycles. The minimum absolute atomic E-state index is 0.114. The summed E-state index contributed by atoms with van der Waals surface area (Å²) in [6.07, 6.45) is 0.152. The van der Waals surface area contributed by atoms with E-state index in [4.69, 9.17) is 4.52 Å². The maximum absolute atomic E-state index is 9.81. The summed E-state index contributed by atoms with van der Waals surface area (Å²) in [7, 11) is 0. The van der Waals surface area contributed by atoms with Crippen LogP contribution in [0.2, 0.25) is 0 Å². The molecule has 0 aliphatic heterocycles. The molecule has 2 rings (SSSR count). The van der Waals surface area contributed by atoms with Gasteiger partial charge in [-0.05, 0) is 18.4 Å². The summed E-state index contributed by atoms with van der Waals surface area (Å²) in [4.78, 5) is 4.41. The Kier molecular flexibility index (Phi) is 4.32. The minimum atomic E-state index is -0.495. The normalized spacial score (nSPS) is 14.6. The molecule has 0 amide bonds. The van der Waals surface area contributed by atoms with Crippen LogP contribution in [0.5, 0.6) is 0 Å². The molecular weight excluding hydrogens is 240 g/mol. The van der Waals surface area contributed by atoms with Gasteiger partial charge in [0.1, 0.15) is 0 Å². The molecule has 0 fully saturated rings. The van der Waals surface area contributed by atoms with Crippen molar-refractivity contribution in [3.8, 4) is 0 Å². The highest BCUT2D eigenvalue weighted by atomic mass is 16.5. The van der Waals surface area contributed by atoms with Gasteiger partial charge in [0, 0.05) is 6.42 Å². The quantitative estimate of drug-likeness (QED) is 0.898. The van der Waals surface area contributed by atoms with E-state index in [0.717, 1.165) is 5.56 Å². The Morgan fingerprint density at radius 3 is 2.42 bits per heavy atom. The zero-order valence-corrected chi connectivity index (χ0v) is 11.6. The molecule has 0 bridgehead atoms. The van der Waals surface area contributed by atoms with Gasteiger partial charge in [-0.1, -0.05) is 49.3 Å². The third kappa shape index (κ3) is 3.41. The predicted octanol–water partition coefficient (Wildman–Crippen LogP) is 2.78. The molecule has 4 heteroatoms. The lowest BCUT2D eigenvalue weighted by atomic mass is 9.91. The summed E-state index contributed by atoms with van der Waals surface area (Å²) in [5.41, 5.74) is 1.15. The molecule has 0 saturated carbocycles. The van der Waals surface area contributed by atoms with Crippen molar-refractivity contribution in [3.63, 3.8) is 0 Å². The zero-order chi connectivity index (χ0) is 13.8. The highest BCUT2D eigenvalue weighted by Crippen LogP contribution is 2.26. The van der Waals surface area contributed by atoms with Gasteiger partial charge in [-0.25, -0.2) is 0 Å². The van der Waals surface area contributed by atoms with Crippen molar-refractivity contribution in [1.29, 1.82) is 0 Å². The van der Waals surface area contributed by atoms with Gasteiger partial charge in [0.2, 0.25) is 5.89 Å². The number of aliphatic hydroxyl groups is 1. The fourth-order valence-corrected chi connectivity index (χ4v) is 2.30. The first-order valence-corrected chi connectivity index (χ1v) is 6.62. The van der Waals surface area contributed by atoms with E-state index in [2.05, 4.69) is 10.1 Å². The molecule has 1 N–H and O–H groups in total. The number of benzene rings is 1. The van der Waals surface area contributed by atoms with E-state index in [1.54, 1.807) is 6.92 Å². The zero-order valence-electron chi connectivity index (χ0n) is 11.6. The third-order valence-electron chi connectivity index (χ3n) is 3.21. The number of hydrogen-bond acceptors (Lipinski definition) is 4. The summed E-state index contributed by atoms with van der Waals surface area (Å²) >= 11 is 0. The van der Waals surface area contributed by atoms with Crippen LogP contribution in [-0.2, 0) is 6.42 Å². The highest BCUT2D eigenvalue weighted by Gasteiger charge is 2.27. The Hall–Kier alpha value is -1.68. The largest absolute Gasteiger partial charge is 0.393 e. The Balaban J connectivity index is 2.14. The van der Waals surface area contributed by atoms with Crippen molar-refractivity contribution >= 4 is 0 Å². The van der Waals surface area contributed by atoms with Crippen molar-refractivity contribution in [2.24, 2.45) is 5.92 Å². The van der Waals surface area contributed by atoms with Crippen molar-refractivity contribution in [3.05, 3.63) is 47.6 Å². The van der Waals surface area contributed by atoms with E-state index in [9.17, 15) is 5.11 Å². The van der Waals surface area contributed by atoms with Gasteiger partial charge in [0.05, 0.1) is 12.0 Å². The lowest BCUT2D eigenvalue weighted by Crippen LogP contribution is -2.20. The Bertz CT molecular complexity index is 498. The summed E-state index contributed by atoms with van der Waals surface area (Å²) in [5.74, 6) is 1.32. The molecule has 0 aliphatic rings. The molecule has 0 radical (unpaired) electrons. The second-order valence-corrected chi connectivity index (χ2v) is 5.22. The molecule has 2 atom stereocenters. The average molecular weight is 260 g/mol. The standard InChI is InChI=1S/C15H20N2O2/c1-10(2)14(11(3)18)15-16-13(17-19-15)9-12-7-5-4-6-8-12/h4-8,10-11,14,18H,9H2,1-3H3. The van der Waals surface area contributed by atoms with Gasteiger partial charge in [-0.2, -0.15) is 4.98 Å². The highest BCUT2D eigenvalue weighted by molar-refractivity contribution is 5.18. The molecular formula is C15H20N2O2. The monoisotopic (exact) mass is 260 g/mol. The molecule has 2 unspecified atom stereocenters. The fourth-order valence-electron chi connectivity index (χ4n) is 2.30. The van der Waals surface area contributed by atoms with E-state index in [1.807, 2.05) is 44.2 Å². The van der Waals surface area contributed by atoms with Crippen LogP contribution in [0.4, 0.5) is 0 Å².